The fourth-order valence-electron chi connectivity index (χ4n) is 4.76. The van der Waals surface area contributed by atoms with Gasteiger partial charge in [0.1, 0.15) is 11.2 Å². The zero-order valence-electron chi connectivity index (χ0n) is 28.7. The average Bonchev–Trinajstić information content (AvgIpc) is 2.97. The molecule has 0 aromatic heterocycles. The Bertz CT molecular complexity index is 1580. The fraction of sp³-hybridized carbons (Fsp3) is 0.576. The molecule has 2 aromatic rings. The van der Waals surface area contributed by atoms with Crippen LogP contribution in [0.5, 0.6) is 5.75 Å². The molecule has 50 heavy (non-hydrogen) atoms. The van der Waals surface area contributed by atoms with Crippen molar-refractivity contribution in [1.29, 1.82) is 0 Å². The number of benzene rings is 2. The molecule has 0 bridgehead atoms. The molecular weight excluding hydrogens is 773 g/mol. The lowest BCUT2D eigenvalue weighted by Gasteiger charge is -2.34. The number of carbonyl (C=O) groups excluding carboxylic acids is 2. The fourth-order valence-corrected chi connectivity index (χ4v) is 5.97. The van der Waals surface area contributed by atoms with Crippen molar-refractivity contribution in [3.8, 4) is 5.75 Å². The maximum absolute atomic E-state index is 12.4. The molecule has 2 aliphatic heterocycles. The van der Waals surface area contributed by atoms with Crippen LogP contribution >= 0.6 is 27.5 Å². The van der Waals surface area contributed by atoms with E-state index in [1.807, 2.05) is 32.9 Å². The molecule has 280 valence electrons. The number of morpholine rings is 2. The molecule has 2 aromatic carbocycles. The van der Waals surface area contributed by atoms with E-state index in [0.29, 0.717) is 44.8 Å². The Hall–Kier alpha value is -2.79. The largest absolute Gasteiger partial charge is 0.534 e. The maximum atomic E-state index is 12.4. The highest BCUT2D eigenvalue weighted by Crippen LogP contribution is 2.32. The number of ether oxygens (including phenoxy) is 4. The average molecular weight is 816 g/mol. The predicted octanol–water partition coefficient (Wildman–Crippen LogP) is 7.37. The van der Waals surface area contributed by atoms with E-state index in [0.717, 1.165) is 17.0 Å². The second kappa shape index (κ2) is 17.2. The van der Waals surface area contributed by atoms with Gasteiger partial charge in [-0.05, 0) is 76.9 Å². The van der Waals surface area contributed by atoms with Crippen molar-refractivity contribution in [3.05, 3.63) is 63.1 Å². The molecule has 11 nitrogen and oxygen atoms in total. The summed E-state index contributed by atoms with van der Waals surface area (Å²) in [5, 5.41) is -0.296. The first-order chi connectivity index (χ1) is 23.0. The van der Waals surface area contributed by atoms with E-state index in [-0.39, 0.29) is 23.8 Å². The summed E-state index contributed by atoms with van der Waals surface area (Å²) in [5.41, 5.74) is -4.89. The monoisotopic (exact) mass is 814 g/mol. The number of rotatable bonds is 6. The molecule has 2 amide bonds. The van der Waals surface area contributed by atoms with Gasteiger partial charge in [-0.1, -0.05) is 45.7 Å². The summed E-state index contributed by atoms with van der Waals surface area (Å²) < 4.78 is 86.7. The second-order valence-corrected chi connectivity index (χ2v) is 16.5. The quantitative estimate of drug-likeness (QED) is 0.217. The summed E-state index contributed by atoms with van der Waals surface area (Å²) in [7, 11) is -5.81. The van der Waals surface area contributed by atoms with Gasteiger partial charge < -0.3 is 32.9 Å². The Morgan fingerprint density at radius 3 is 1.74 bits per heavy atom. The van der Waals surface area contributed by atoms with Crippen LogP contribution in [-0.4, -0.2) is 98.7 Å². The van der Waals surface area contributed by atoms with Gasteiger partial charge in [0, 0.05) is 30.4 Å². The van der Waals surface area contributed by atoms with Crippen LogP contribution in [0.1, 0.15) is 52.7 Å². The summed E-state index contributed by atoms with van der Waals surface area (Å²) in [6.07, 6.45) is -0.0158. The molecule has 0 N–H and O–H groups in total. The van der Waals surface area contributed by atoms with E-state index in [9.17, 15) is 31.2 Å². The van der Waals surface area contributed by atoms with Gasteiger partial charge in [-0.3, -0.25) is 0 Å². The number of amides is 2. The number of hydrogen-bond acceptors (Lipinski definition) is 9. The molecular formula is C33H43BrClF3N2O9S. The number of alkyl halides is 3. The first kappa shape index (κ1) is 41.6. The first-order valence-corrected chi connectivity index (χ1v) is 18.3. The van der Waals surface area contributed by atoms with Crippen molar-refractivity contribution < 1.29 is 54.3 Å². The molecule has 2 saturated heterocycles. The van der Waals surface area contributed by atoms with Gasteiger partial charge in [0.25, 0.3) is 0 Å². The number of nitrogens with zero attached hydrogens (tertiary/aromatic N) is 2. The Morgan fingerprint density at radius 1 is 0.840 bits per heavy atom. The van der Waals surface area contributed by atoms with Crippen LogP contribution in [0.3, 0.4) is 0 Å². The maximum Gasteiger partial charge on any atom is 0.534 e. The van der Waals surface area contributed by atoms with Crippen molar-refractivity contribution in [1.82, 2.24) is 9.80 Å². The third-order valence-electron chi connectivity index (χ3n) is 6.88. The Kier molecular flexibility index (Phi) is 14.3. The second-order valence-electron chi connectivity index (χ2n) is 13.6. The van der Waals surface area contributed by atoms with Crippen molar-refractivity contribution in [2.24, 2.45) is 0 Å². The van der Waals surface area contributed by atoms with Crippen molar-refractivity contribution in [2.75, 3.05) is 39.4 Å². The predicted molar refractivity (Wildman–Crippen MR) is 184 cm³/mol. The van der Waals surface area contributed by atoms with E-state index in [1.165, 1.54) is 22.6 Å². The lowest BCUT2D eigenvalue weighted by molar-refractivity contribution is -0.0500. The Labute approximate surface area is 304 Å². The van der Waals surface area contributed by atoms with E-state index >= 15 is 0 Å². The number of carbonyl (C=O) groups is 2. The summed E-state index contributed by atoms with van der Waals surface area (Å²) in [6.45, 7) is 13.5. The van der Waals surface area contributed by atoms with E-state index in [1.54, 1.807) is 25.7 Å². The molecule has 2 atom stereocenters. The van der Waals surface area contributed by atoms with Gasteiger partial charge in [-0.15, -0.1) is 0 Å². The molecule has 2 fully saturated rings. The van der Waals surface area contributed by atoms with Crippen LogP contribution in [0.15, 0.2) is 46.9 Å². The van der Waals surface area contributed by atoms with Gasteiger partial charge in [-0.25, -0.2) is 9.59 Å². The van der Waals surface area contributed by atoms with E-state index in [4.69, 9.17) is 30.5 Å². The summed E-state index contributed by atoms with van der Waals surface area (Å²) in [4.78, 5) is 27.5. The first-order valence-electron chi connectivity index (χ1n) is 15.7. The summed E-state index contributed by atoms with van der Waals surface area (Å²) in [5.74, 6) is -0.632. The molecule has 2 aliphatic rings. The van der Waals surface area contributed by atoms with Gasteiger partial charge >= 0.3 is 27.8 Å². The van der Waals surface area contributed by atoms with Crippen molar-refractivity contribution in [3.63, 3.8) is 0 Å². The highest BCUT2D eigenvalue weighted by molar-refractivity contribution is 9.10. The SMILES string of the molecule is CC(C)(C)OC(=O)N1CCO[C@H](Cc2ccc(OS(=O)(=O)C(F)(F)F)c(Cl)c2)C1.CC(C)(C)OC(=O)N1CCO[C@H](Cc2cccc(Br)c2)C1. The summed E-state index contributed by atoms with van der Waals surface area (Å²) in [6, 6.07) is 11.9. The van der Waals surface area contributed by atoms with Gasteiger partial charge in [0.05, 0.1) is 43.5 Å². The number of hydrogen-bond donors (Lipinski definition) is 0. The smallest absolute Gasteiger partial charge is 0.444 e. The van der Waals surface area contributed by atoms with Crippen molar-refractivity contribution in [2.45, 2.75) is 83.3 Å². The molecule has 0 spiro atoms. The van der Waals surface area contributed by atoms with Crippen molar-refractivity contribution >= 4 is 49.8 Å². The van der Waals surface area contributed by atoms with Crippen LogP contribution in [0.2, 0.25) is 5.02 Å². The van der Waals surface area contributed by atoms with Gasteiger partial charge in [0.2, 0.25) is 0 Å². The minimum absolute atomic E-state index is 0.0144. The standard InChI is InChI=1S/C17H21ClF3NO6S.C16H22BrNO3/c1-16(2,3)27-15(23)22-6-7-26-12(10-22)8-11-4-5-14(13(18)9-11)28-29(24,25)17(19,20)21;1-16(2,3)21-15(19)18-7-8-20-14(11-18)10-12-5-4-6-13(17)9-12/h4-5,9,12H,6-8,10H2,1-3H3;4-6,9,14H,7-8,10-11H2,1-3H3/t12-;14-/m11/s1. The lowest BCUT2D eigenvalue weighted by atomic mass is 10.1. The Morgan fingerprint density at radius 2 is 1.32 bits per heavy atom. The molecule has 4 rings (SSSR count). The van der Waals surface area contributed by atoms with E-state index < -0.39 is 44.8 Å². The van der Waals surface area contributed by atoms with Crippen LogP contribution in [-0.2, 0) is 41.9 Å². The van der Waals surface area contributed by atoms with E-state index in [2.05, 4.69) is 32.2 Å². The van der Waals surface area contributed by atoms with Crippen LogP contribution in [0.4, 0.5) is 22.8 Å². The van der Waals surface area contributed by atoms with Crippen LogP contribution in [0.25, 0.3) is 0 Å². The minimum atomic E-state index is -5.81. The highest BCUT2D eigenvalue weighted by atomic mass is 79.9. The van der Waals surface area contributed by atoms with Gasteiger partial charge in [-0.2, -0.15) is 21.6 Å². The molecule has 0 aliphatic carbocycles. The molecule has 17 heteroatoms. The lowest BCUT2D eigenvalue weighted by Crippen LogP contribution is -2.48. The molecule has 0 unspecified atom stereocenters. The third-order valence-corrected chi connectivity index (χ3v) is 8.63. The normalized spacial score (nSPS) is 18.9. The molecule has 2 heterocycles. The number of halogens is 5. The Balaban J connectivity index is 0.000000284. The zero-order chi connectivity index (χ0) is 37.5. The zero-order valence-corrected chi connectivity index (χ0v) is 31.9. The van der Waals surface area contributed by atoms with Crippen LogP contribution in [0, 0.1) is 0 Å². The minimum Gasteiger partial charge on any atom is -0.444 e. The highest BCUT2D eigenvalue weighted by Gasteiger charge is 2.48. The summed E-state index contributed by atoms with van der Waals surface area (Å²) >= 11 is 9.34. The topological polar surface area (TPSA) is 121 Å². The molecule has 0 radical (unpaired) electrons. The van der Waals surface area contributed by atoms with Gasteiger partial charge in [0.15, 0.2) is 5.75 Å². The van der Waals surface area contributed by atoms with Crippen LogP contribution < -0.4 is 4.18 Å². The molecule has 0 saturated carbocycles. The third kappa shape index (κ3) is 13.7.